The third-order valence-corrected chi connectivity index (χ3v) is 10.1. The molecule has 1 saturated heterocycles. The standard InChI is InChI=1S/C31H41F4N5O4Si/c1-19-17-40(18-20(2)38(19)3)27-15-25(32)22(21-7-9-39(10-8-21)30(42)43)13-26(27)37-29(41)23-16-36-28(14-24(23)31(33,34)35)44-11-12-45(4,5)6/h7,13-16,19-20H,8-12,17-18H2,1-6H3,(H,37,41)(H,42,43)/t19-,20+. The SMILES string of the molecule is C[C@@H]1CN(c2cc(F)c(C3=CCN(C(=O)O)CC3)cc2NC(=O)c2cnc(OCC[Si](C)(C)C)cc2C(F)(F)F)C[C@H](C)N1C. The number of carbonyl (C=O) groups is 2. The van der Waals surface area contributed by atoms with Crippen molar-refractivity contribution in [3.63, 3.8) is 0 Å². The van der Waals surface area contributed by atoms with Crippen molar-refractivity contribution in [1.82, 2.24) is 14.8 Å². The lowest BCUT2D eigenvalue weighted by Gasteiger charge is -2.44. The molecule has 0 unspecified atom stereocenters. The fourth-order valence-corrected chi connectivity index (χ4v) is 6.16. The molecular formula is C31H41F4N5O4Si. The number of carboxylic acid groups (broad SMARTS) is 1. The van der Waals surface area contributed by atoms with Gasteiger partial charge in [-0.25, -0.2) is 14.2 Å². The molecule has 2 amide bonds. The number of ether oxygens (including phenoxy) is 1. The highest BCUT2D eigenvalue weighted by atomic mass is 28.3. The minimum absolute atomic E-state index is 0.0635. The number of carbonyl (C=O) groups excluding carboxylic acids is 1. The van der Waals surface area contributed by atoms with Gasteiger partial charge in [-0.3, -0.25) is 9.69 Å². The number of amides is 2. The van der Waals surface area contributed by atoms with Gasteiger partial charge in [-0.15, -0.1) is 0 Å². The molecule has 1 aromatic carbocycles. The van der Waals surface area contributed by atoms with Crippen molar-refractivity contribution in [3.8, 4) is 5.88 Å². The molecule has 1 fully saturated rings. The lowest BCUT2D eigenvalue weighted by molar-refractivity contribution is -0.138. The van der Waals surface area contributed by atoms with Crippen LogP contribution in [0.1, 0.15) is 41.8 Å². The van der Waals surface area contributed by atoms with Gasteiger partial charge in [0.15, 0.2) is 0 Å². The first-order chi connectivity index (χ1) is 20.9. The highest BCUT2D eigenvalue weighted by Gasteiger charge is 2.37. The molecule has 2 aliphatic rings. The maximum absolute atomic E-state index is 15.7. The Labute approximate surface area is 261 Å². The van der Waals surface area contributed by atoms with E-state index in [1.54, 1.807) is 6.08 Å². The van der Waals surface area contributed by atoms with Crippen molar-refractivity contribution >= 4 is 37.0 Å². The smallest absolute Gasteiger partial charge is 0.417 e. The maximum atomic E-state index is 15.7. The van der Waals surface area contributed by atoms with Gasteiger partial charge in [-0.2, -0.15) is 13.2 Å². The molecule has 0 saturated carbocycles. The predicted molar refractivity (Wildman–Crippen MR) is 168 cm³/mol. The highest BCUT2D eigenvalue weighted by Crippen LogP contribution is 2.38. The van der Waals surface area contributed by atoms with Crippen LogP contribution >= 0.6 is 0 Å². The predicted octanol–water partition coefficient (Wildman–Crippen LogP) is 6.50. The van der Waals surface area contributed by atoms with Crippen LogP contribution in [0.15, 0.2) is 30.5 Å². The summed E-state index contributed by atoms with van der Waals surface area (Å²) in [4.78, 5) is 34.2. The Morgan fingerprint density at radius 1 is 1.13 bits per heavy atom. The first-order valence-corrected chi connectivity index (χ1v) is 18.6. The second-order valence-electron chi connectivity index (χ2n) is 13.0. The van der Waals surface area contributed by atoms with E-state index in [1.807, 2.05) is 25.8 Å². The lowest BCUT2D eigenvalue weighted by atomic mass is 9.97. The third-order valence-electron chi connectivity index (χ3n) is 8.39. The summed E-state index contributed by atoms with van der Waals surface area (Å²) in [7, 11) is 0.484. The molecule has 0 radical (unpaired) electrons. The molecule has 0 aliphatic carbocycles. The van der Waals surface area contributed by atoms with Crippen molar-refractivity contribution < 1.29 is 37.0 Å². The maximum Gasteiger partial charge on any atom is 0.417 e. The van der Waals surface area contributed by atoms with Crippen LogP contribution in [-0.2, 0) is 6.18 Å². The number of piperazine rings is 1. The van der Waals surface area contributed by atoms with Crippen LogP contribution < -0.4 is 15.0 Å². The van der Waals surface area contributed by atoms with Gasteiger partial charge in [0, 0.05) is 64.2 Å². The number of pyridine rings is 1. The zero-order chi connectivity index (χ0) is 33.3. The average Bonchev–Trinajstić information content (AvgIpc) is 2.95. The number of nitrogens with one attached hydrogen (secondary N) is 1. The molecule has 4 rings (SSSR count). The van der Waals surface area contributed by atoms with Crippen LogP contribution in [0.2, 0.25) is 25.7 Å². The average molecular weight is 652 g/mol. The molecule has 0 spiro atoms. The molecule has 2 N–H and O–H groups in total. The van der Waals surface area contributed by atoms with E-state index in [9.17, 15) is 27.9 Å². The quantitative estimate of drug-likeness (QED) is 0.248. The summed E-state index contributed by atoms with van der Waals surface area (Å²) in [5.74, 6) is -1.84. The van der Waals surface area contributed by atoms with Gasteiger partial charge in [0.25, 0.3) is 5.91 Å². The Hall–Kier alpha value is -3.65. The number of hydrogen-bond donors (Lipinski definition) is 2. The van der Waals surface area contributed by atoms with Gasteiger partial charge in [-0.05, 0) is 51.1 Å². The Bertz CT molecular complexity index is 1450. The Morgan fingerprint density at radius 2 is 1.80 bits per heavy atom. The van der Waals surface area contributed by atoms with Gasteiger partial charge in [0.2, 0.25) is 5.88 Å². The summed E-state index contributed by atoms with van der Waals surface area (Å²) < 4.78 is 63.8. The number of benzene rings is 1. The Balaban J connectivity index is 1.71. The Morgan fingerprint density at radius 3 is 2.36 bits per heavy atom. The van der Waals surface area contributed by atoms with E-state index in [4.69, 9.17) is 4.74 Å². The number of aromatic nitrogens is 1. The van der Waals surface area contributed by atoms with Gasteiger partial charge >= 0.3 is 12.3 Å². The van der Waals surface area contributed by atoms with Crippen molar-refractivity contribution in [2.24, 2.45) is 0 Å². The van der Waals surface area contributed by atoms with Crippen molar-refractivity contribution in [2.45, 2.75) is 64.2 Å². The number of halogens is 4. The second kappa shape index (κ2) is 13.4. The number of nitrogens with zero attached hydrogens (tertiary/aromatic N) is 4. The van der Waals surface area contributed by atoms with E-state index in [2.05, 4.69) is 34.8 Å². The van der Waals surface area contributed by atoms with Crippen LogP contribution in [-0.4, -0.2) is 91.9 Å². The largest absolute Gasteiger partial charge is 0.478 e. The van der Waals surface area contributed by atoms with Crippen LogP contribution in [0.3, 0.4) is 0 Å². The molecular weight excluding hydrogens is 610 g/mol. The number of likely N-dealkylation sites (N-methyl/N-ethyl adjacent to an activating group) is 1. The fraction of sp³-hybridized carbons (Fsp3) is 0.516. The normalized spacial score (nSPS) is 19.7. The third kappa shape index (κ3) is 8.34. The fourth-order valence-electron chi connectivity index (χ4n) is 5.44. The summed E-state index contributed by atoms with van der Waals surface area (Å²) >= 11 is 0. The number of rotatable bonds is 8. The molecule has 246 valence electrons. The monoisotopic (exact) mass is 651 g/mol. The van der Waals surface area contributed by atoms with Crippen molar-refractivity contribution in [3.05, 3.63) is 53.0 Å². The second-order valence-corrected chi connectivity index (χ2v) is 18.6. The van der Waals surface area contributed by atoms with Crippen molar-refractivity contribution in [1.29, 1.82) is 0 Å². The van der Waals surface area contributed by atoms with Crippen LogP contribution in [0.4, 0.5) is 33.7 Å². The van der Waals surface area contributed by atoms with E-state index in [1.165, 1.54) is 17.0 Å². The van der Waals surface area contributed by atoms with Crippen molar-refractivity contribution in [2.75, 3.05) is 50.1 Å². The van der Waals surface area contributed by atoms with Gasteiger partial charge in [0.1, 0.15) is 5.82 Å². The van der Waals surface area contributed by atoms with E-state index < -0.39 is 43.2 Å². The lowest BCUT2D eigenvalue weighted by Crippen LogP contribution is -2.55. The van der Waals surface area contributed by atoms with E-state index in [0.717, 1.165) is 18.3 Å². The summed E-state index contributed by atoms with van der Waals surface area (Å²) in [5.41, 5.74) is -0.698. The number of hydrogen-bond acceptors (Lipinski definition) is 6. The summed E-state index contributed by atoms with van der Waals surface area (Å²) in [6.45, 7) is 11.8. The van der Waals surface area contributed by atoms with E-state index in [0.29, 0.717) is 24.4 Å². The van der Waals surface area contributed by atoms with Crippen LogP contribution in [0.5, 0.6) is 5.88 Å². The molecule has 2 aromatic rings. The molecule has 3 heterocycles. The summed E-state index contributed by atoms with van der Waals surface area (Å²) in [5, 5.41) is 11.9. The van der Waals surface area contributed by atoms with Crippen LogP contribution in [0.25, 0.3) is 5.57 Å². The minimum atomic E-state index is -4.87. The van der Waals surface area contributed by atoms with E-state index >= 15 is 4.39 Å². The topological polar surface area (TPSA) is 98.2 Å². The molecule has 45 heavy (non-hydrogen) atoms. The molecule has 9 nitrogen and oxygen atoms in total. The molecule has 2 atom stereocenters. The zero-order valence-corrected chi connectivity index (χ0v) is 27.5. The first-order valence-electron chi connectivity index (χ1n) is 14.9. The summed E-state index contributed by atoms with van der Waals surface area (Å²) in [6.07, 6.45) is -3.26. The molecule has 2 aliphatic heterocycles. The molecule has 1 aromatic heterocycles. The van der Waals surface area contributed by atoms with Gasteiger partial charge in [-0.1, -0.05) is 25.7 Å². The highest BCUT2D eigenvalue weighted by molar-refractivity contribution is 6.76. The Kier molecular flexibility index (Phi) is 10.2. The van der Waals surface area contributed by atoms with Crippen LogP contribution in [0, 0.1) is 5.82 Å². The zero-order valence-electron chi connectivity index (χ0n) is 26.5. The number of alkyl halides is 3. The molecule has 0 bridgehead atoms. The van der Waals surface area contributed by atoms with Gasteiger partial charge < -0.3 is 25.0 Å². The molecule has 14 heteroatoms. The van der Waals surface area contributed by atoms with Gasteiger partial charge in [0.05, 0.1) is 29.1 Å². The first kappa shape index (κ1) is 34.2. The van der Waals surface area contributed by atoms with E-state index in [-0.39, 0.29) is 55.3 Å². The summed E-state index contributed by atoms with van der Waals surface area (Å²) in [6, 6.07) is 4.34. The number of anilines is 2. The minimum Gasteiger partial charge on any atom is -0.478 e.